The van der Waals surface area contributed by atoms with Crippen molar-refractivity contribution in [3.63, 3.8) is 0 Å². The number of hydrogen-bond acceptors (Lipinski definition) is 3. The smallest absolute Gasteiger partial charge is 0.307 e. The van der Waals surface area contributed by atoms with E-state index in [1.807, 2.05) is 0 Å². The highest BCUT2D eigenvalue weighted by atomic mass is 19.4. The normalized spacial score (nSPS) is 25.3. The Balaban J connectivity index is 1.83. The van der Waals surface area contributed by atoms with E-state index in [0.29, 0.717) is 18.8 Å². The van der Waals surface area contributed by atoms with Crippen molar-refractivity contribution in [1.82, 2.24) is 20.1 Å². The molecule has 0 bridgehead atoms. The van der Waals surface area contributed by atoms with Crippen LogP contribution in [0.3, 0.4) is 0 Å². The Morgan fingerprint density at radius 1 is 1.44 bits per heavy atom. The molecule has 0 radical (unpaired) electrons. The highest BCUT2D eigenvalue weighted by Crippen LogP contribution is 2.37. The molecule has 18 heavy (non-hydrogen) atoms. The Hall–Kier alpha value is -1.11. The molecule has 1 aliphatic rings. The molecule has 7 heteroatoms. The summed E-state index contributed by atoms with van der Waals surface area (Å²) in [6.45, 7) is 0.427. The molecule has 102 valence electrons. The molecule has 1 aromatic rings. The first kappa shape index (κ1) is 13.3. The summed E-state index contributed by atoms with van der Waals surface area (Å²) in [5.41, 5.74) is 0. The van der Waals surface area contributed by atoms with Crippen LogP contribution >= 0.6 is 0 Å². The molecule has 2 atom stereocenters. The van der Waals surface area contributed by atoms with E-state index in [-0.39, 0.29) is 18.9 Å². The minimum atomic E-state index is -4.07. The van der Waals surface area contributed by atoms with Gasteiger partial charge >= 0.3 is 6.18 Å². The van der Waals surface area contributed by atoms with Gasteiger partial charge in [0.05, 0.1) is 12.5 Å². The largest absolute Gasteiger partial charge is 0.391 e. The Morgan fingerprint density at radius 2 is 2.22 bits per heavy atom. The number of hydrogen-bond donors (Lipinski definition) is 1. The van der Waals surface area contributed by atoms with Crippen LogP contribution in [0.5, 0.6) is 0 Å². The van der Waals surface area contributed by atoms with Crippen molar-refractivity contribution in [3.8, 4) is 0 Å². The van der Waals surface area contributed by atoms with Gasteiger partial charge in [-0.3, -0.25) is 4.68 Å². The molecular weight excluding hydrogens is 245 g/mol. The minimum absolute atomic E-state index is 0.0887. The maximum absolute atomic E-state index is 12.6. The van der Waals surface area contributed by atoms with E-state index in [2.05, 4.69) is 15.4 Å². The van der Waals surface area contributed by atoms with Crippen LogP contribution in [0, 0.1) is 5.92 Å². The van der Waals surface area contributed by atoms with Gasteiger partial charge in [-0.1, -0.05) is 6.42 Å². The van der Waals surface area contributed by atoms with E-state index >= 15 is 0 Å². The number of aryl methyl sites for hydroxylation is 1. The van der Waals surface area contributed by atoms with Crippen LogP contribution in [0.25, 0.3) is 0 Å². The van der Waals surface area contributed by atoms with Crippen LogP contribution in [-0.2, 0) is 13.6 Å². The molecule has 1 heterocycles. The molecular formula is C11H17F3N4. The van der Waals surface area contributed by atoms with Crippen LogP contribution in [0.2, 0.25) is 0 Å². The molecule has 2 rings (SSSR count). The summed E-state index contributed by atoms with van der Waals surface area (Å²) >= 11 is 0. The van der Waals surface area contributed by atoms with E-state index in [1.165, 1.54) is 0 Å². The first-order valence-electron chi connectivity index (χ1n) is 6.10. The number of aromatic nitrogens is 3. The Morgan fingerprint density at radius 3 is 2.83 bits per heavy atom. The molecule has 0 aromatic carbocycles. The van der Waals surface area contributed by atoms with Gasteiger partial charge in [-0.2, -0.15) is 18.3 Å². The summed E-state index contributed by atoms with van der Waals surface area (Å²) in [5.74, 6) is -0.549. The number of alkyl halides is 3. The SMILES string of the molecule is Cn1cnc(CNC2CCCC(C(F)(F)F)C2)n1. The number of rotatable bonds is 3. The van der Waals surface area contributed by atoms with Crippen LogP contribution in [0.1, 0.15) is 31.5 Å². The van der Waals surface area contributed by atoms with Crippen molar-refractivity contribution in [2.24, 2.45) is 13.0 Å². The number of halogens is 3. The molecule has 0 aliphatic heterocycles. The zero-order valence-corrected chi connectivity index (χ0v) is 10.2. The third-order valence-corrected chi connectivity index (χ3v) is 3.33. The zero-order chi connectivity index (χ0) is 13.2. The first-order chi connectivity index (χ1) is 8.45. The van der Waals surface area contributed by atoms with Crippen LogP contribution in [0.15, 0.2) is 6.33 Å². The van der Waals surface area contributed by atoms with Gasteiger partial charge in [-0.05, 0) is 19.3 Å². The van der Waals surface area contributed by atoms with Gasteiger partial charge in [-0.25, -0.2) is 4.98 Å². The number of nitrogens with one attached hydrogen (secondary N) is 1. The van der Waals surface area contributed by atoms with E-state index in [4.69, 9.17) is 0 Å². The standard InChI is InChI=1S/C11H17F3N4/c1-18-7-16-10(17-18)6-15-9-4-2-3-8(5-9)11(12,13)14/h7-9,15H,2-6H2,1H3. The van der Waals surface area contributed by atoms with Gasteiger partial charge in [0, 0.05) is 13.1 Å². The van der Waals surface area contributed by atoms with Gasteiger partial charge in [0.15, 0.2) is 5.82 Å². The van der Waals surface area contributed by atoms with Crippen molar-refractivity contribution in [3.05, 3.63) is 12.2 Å². The molecule has 4 nitrogen and oxygen atoms in total. The fourth-order valence-electron chi connectivity index (χ4n) is 2.37. The first-order valence-corrected chi connectivity index (χ1v) is 6.10. The minimum Gasteiger partial charge on any atom is -0.307 e. The Bertz CT molecular complexity index is 388. The number of nitrogens with zero attached hydrogens (tertiary/aromatic N) is 3. The fourth-order valence-corrected chi connectivity index (χ4v) is 2.37. The maximum Gasteiger partial charge on any atom is 0.391 e. The van der Waals surface area contributed by atoms with Crippen molar-refractivity contribution in [2.45, 2.75) is 44.4 Å². The molecule has 1 aromatic heterocycles. The van der Waals surface area contributed by atoms with E-state index in [9.17, 15) is 13.2 Å². The monoisotopic (exact) mass is 262 g/mol. The summed E-state index contributed by atoms with van der Waals surface area (Å²) in [5, 5.41) is 7.20. The lowest BCUT2D eigenvalue weighted by atomic mass is 9.85. The van der Waals surface area contributed by atoms with Crippen molar-refractivity contribution in [1.29, 1.82) is 0 Å². The lowest BCUT2D eigenvalue weighted by molar-refractivity contribution is -0.183. The highest BCUT2D eigenvalue weighted by molar-refractivity contribution is 4.85. The fraction of sp³-hybridized carbons (Fsp3) is 0.818. The second-order valence-electron chi connectivity index (χ2n) is 4.82. The molecule has 1 fully saturated rings. The maximum atomic E-state index is 12.6. The van der Waals surface area contributed by atoms with Gasteiger partial charge in [0.1, 0.15) is 6.33 Å². The topological polar surface area (TPSA) is 42.7 Å². The van der Waals surface area contributed by atoms with Crippen molar-refractivity contribution < 1.29 is 13.2 Å². The highest BCUT2D eigenvalue weighted by Gasteiger charge is 2.41. The molecule has 1 aliphatic carbocycles. The second-order valence-corrected chi connectivity index (χ2v) is 4.82. The average molecular weight is 262 g/mol. The zero-order valence-electron chi connectivity index (χ0n) is 10.2. The summed E-state index contributed by atoms with van der Waals surface area (Å²) < 4.78 is 39.5. The third kappa shape index (κ3) is 3.44. The van der Waals surface area contributed by atoms with Gasteiger partial charge in [0.25, 0.3) is 0 Å². The Kier molecular flexibility index (Phi) is 3.89. The van der Waals surface area contributed by atoms with Crippen LogP contribution in [0.4, 0.5) is 13.2 Å². The predicted molar refractivity (Wildman–Crippen MR) is 59.6 cm³/mol. The predicted octanol–water partition coefficient (Wildman–Crippen LogP) is 2.03. The Labute approximate surface area is 104 Å². The lowest BCUT2D eigenvalue weighted by Gasteiger charge is -2.30. The molecule has 1 saturated carbocycles. The van der Waals surface area contributed by atoms with Crippen molar-refractivity contribution in [2.75, 3.05) is 0 Å². The molecule has 0 saturated heterocycles. The van der Waals surface area contributed by atoms with Crippen LogP contribution in [-0.4, -0.2) is 27.0 Å². The van der Waals surface area contributed by atoms with Gasteiger partial charge in [-0.15, -0.1) is 0 Å². The summed E-state index contributed by atoms with van der Waals surface area (Å²) in [6, 6.07) is -0.0887. The molecule has 2 unspecified atom stereocenters. The van der Waals surface area contributed by atoms with E-state index in [1.54, 1.807) is 18.1 Å². The van der Waals surface area contributed by atoms with E-state index in [0.717, 1.165) is 6.42 Å². The summed E-state index contributed by atoms with van der Waals surface area (Å²) in [4.78, 5) is 4.04. The third-order valence-electron chi connectivity index (χ3n) is 3.33. The molecule has 1 N–H and O–H groups in total. The van der Waals surface area contributed by atoms with Gasteiger partial charge < -0.3 is 5.32 Å². The summed E-state index contributed by atoms with van der Waals surface area (Å²) in [6.07, 6.45) is -0.656. The van der Waals surface area contributed by atoms with Crippen LogP contribution < -0.4 is 5.32 Å². The lowest BCUT2D eigenvalue weighted by Crippen LogP contribution is -2.38. The molecule has 0 spiro atoms. The van der Waals surface area contributed by atoms with Crippen molar-refractivity contribution >= 4 is 0 Å². The quantitative estimate of drug-likeness (QED) is 0.906. The summed E-state index contributed by atoms with van der Waals surface area (Å²) in [7, 11) is 1.76. The molecule has 0 amide bonds. The second kappa shape index (κ2) is 5.26. The average Bonchev–Trinajstić information content (AvgIpc) is 2.72. The van der Waals surface area contributed by atoms with Gasteiger partial charge in [0.2, 0.25) is 0 Å². The van der Waals surface area contributed by atoms with E-state index < -0.39 is 12.1 Å².